The fourth-order valence-corrected chi connectivity index (χ4v) is 1.99. The van der Waals surface area contributed by atoms with Crippen LogP contribution in [0, 0.1) is 13.8 Å². The molecule has 0 aliphatic heterocycles. The van der Waals surface area contributed by atoms with Crippen molar-refractivity contribution >= 4 is 11.7 Å². The van der Waals surface area contributed by atoms with Gasteiger partial charge in [-0.2, -0.15) is 0 Å². The highest BCUT2D eigenvalue weighted by molar-refractivity contribution is 5.90. The Morgan fingerprint density at radius 1 is 1.05 bits per heavy atom. The normalized spacial score (nSPS) is 10.2. The summed E-state index contributed by atoms with van der Waals surface area (Å²) in [6.07, 6.45) is 0.771. The van der Waals surface area contributed by atoms with Gasteiger partial charge in [-0.3, -0.25) is 0 Å². The van der Waals surface area contributed by atoms with E-state index in [1.807, 2.05) is 13.8 Å². The van der Waals surface area contributed by atoms with Gasteiger partial charge in [0.1, 0.15) is 5.75 Å². The maximum atomic E-state index is 11.8. The SMILES string of the molecule is Cc1ccc(CCNC(=O)Nc2cc(C)ccc2O)cc1. The lowest BCUT2D eigenvalue weighted by molar-refractivity contribution is 0.252. The van der Waals surface area contributed by atoms with E-state index in [4.69, 9.17) is 0 Å². The molecule has 0 aromatic heterocycles. The van der Waals surface area contributed by atoms with Crippen molar-refractivity contribution in [3.63, 3.8) is 0 Å². The zero-order valence-corrected chi connectivity index (χ0v) is 12.3. The van der Waals surface area contributed by atoms with Gasteiger partial charge in [-0.25, -0.2) is 4.79 Å². The molecule has 2 aromatic rings. The highest BCUT2D eigenvalue weighted by Gasteiger charge is 2.05. The van der Waals surface area contributed by atoms with Gasteiger partial charge in [-0.15, -0.1) is 0 Å². The molecule has 0 saturated carbocycles. The van der Waals surface area contributed by atoms with Crippen LogP contribution in [0.4, 0.5) is 10.5 Å². The van der Waals surface area contributed by atoms with E-state index in [9.17, 15) is 9.90 Å². The summed E-state index contributed by atoms with van der Waals surface area (Å²) < 4.78 is 0. The fraction of sp³-hybridized carbons (Fsp3) is 0.235. The van der Waals surface area contributed by atoms with Crippen molar-refractivity contribution in [3.8, 4) is 5.75 Å². The Kier molecular flexibility index (Phi) is 4.82. The molecule has 4 heteroatoms. The molecule has 0 bridgehead atoms. The number of phenolic OH excluding ortho intramolecular Hbond substituents is 1. The van der Waals surface area contributed by atoms with Crippen molar-refractivity contribution in [2.45, 2.75) is 20.3 Å². The topological polar surface area (TPSA) is 61.4 Å². The first kappa shape index (κ1) is 14.9. The van der Waals surface area contributed by atoms with Crippen LogP contribution in [-0.4, -0.2) is 17.7 Å². The first-order valence-corrected chi connectivity index (χ1v) is 6.94. The van der Waals surface area contributed by atoms with Crippen molar-refractivity contribution in [2.24, 2.45) is 0 Å². The highest BCUT2D eigenvalue weighted by Crippen LogP contribution is 2.23. The largest absolute Gasteiger partial charge is 0.506 e. The number of hydrogen-bond donors (Lipinski definition) is 3. The van der Waals surface area contributed by atoms with Gasteiger partial charge in [0.05, 0.1) is 5.69 Å². The van der Waals surface area contributed by atoms with E-state index in [1.54, 1.807) is 18.2 Å². The molecular weight excluding hydrogens is 264 g/mol. The lowest BCUT2D eigenvalue weighted by atomic mass is 10.1. The number of anilines is 1. The van der Waals surface area contributed by atoms with Crippen molar-refractivity contribution in [1.82, 2.24) is 5.32 Å². The van der Waals surface area contributed by atoms with Crippen LogP contribution in [0.2, 0.25) is 0 Å². The first-order chi connectivity index (χ1) is 10.0. The fourth-order valence-electron chi connectivity index (χ4n) is 1.99. The minimum Gasteiger partial charge on any atom is -0.506 e. The summed E-state index contributed by atoms with van der Waals surface area (Å²) in [4.78, 5) is 11.8. The third kappa shape index (κ3) is 4.53. The predicted octanol–water partition coefficient (Wildman–Crippen LogP) is 3.37. The van der Waals surface area contributed by atoms with Crippen LogP contribution >= 0.6 is 0 Å². The zero-order chi connectivity index (χ0) is 15.2. The van der Waals surface area contributed by atoms with Crippen LogP contribution in [0.1, 0.15) is 16.7 Å². The average Bonchev–Trinajstić information content (AvgIpc) is 2.45. The minimum atomic E-state index is -0.317. The molecule has 0 saturated heterocycles. The first-order valence-electron chi connectivity index (χ1n) is 6.94. The molecule has 4 nitrogen and oxygen atoms in total. The predicted molar refractivity (Wildman–Crippen MR) is 84.7 cm³/mol. The number of rotatable bonds is 4. The monoisotopic (exact) mass is 284 g/mol. The van der Waals surface area contributed by atoms with E-state index in [2.05, 4.69) is 34.9 Å². The molecule has 0 radical (unpaired) electrons. The van der Waals surface area contributed by atoms with Gasteiger partial charge < -0.3 is 15.7 Å². The Morgan fingerprint density at radius 3 is 2.43 bits per heavy atom. The number of aryl methyl sites for hydroxylation is 2. The molecule has 0 aliphatic carbocycles. The van der Waals surface area contributed by atoms with Gasteiger partial charge in [0.2, 0.25) is 0 Å². The number of carbonyl (C=O) groups excluding carboxylic acids is 1. The second kappa shape index (κ2) is 6.79. The molecule has 0 fully saturated rings. The van der Waals surface area contributed by atoms with Crippen LogP contribution in [0.15, 0.2) is 42.5 Å². The summed E-state index contributed by atoms with van der Waals surface area (Å²) in [6.45, 7) is 4.49. The number of urea groups is 1. The second-order valence-electron chi connectivity index (χ2n) is 5.14. The highest BCUT2D eigenvalue weighted by atomic mass is 16.3. The number of phenols is 1. The molecule has 2 rings (SSSR count). The van der Waals surface area contributed by atoms with E-state index in [0.717, 1.165) is 12.0 Å². The molecule has 2 aromatic carbocycles. The lowest BCUT2D eigenvalue weighted by Crippen LogP contribution is -2.30. The third-order valence-corrected chi connectivity index (χ3v) is 3.22. The number of aromatic hydroxyl groups is 1. The Balaban J connectivity index is 1.82. The quantitative estimate of drug-likeness (QED) is 0.754. The Bertz CT molecular complexity index is 621. The van der Waals surface area contributed by atoms with Crippen LogP contribution in [0.5, 0.6) is 5.75 Å². The van der Waals surface area contributed by atoms with Crippen LogP contribution in [0.25, 0.3) is 0 Å². The number of amides is 2. The second-order valence-corrected chi connectivity index (χ2v) is 5.14. The van der Waals surface area contributed by atoms with E-state index < -0.39 is 0 Å². The Hall–Kier alpha value is -2.49. The molecule has 0 unspecified atom stereocenters. The molecule has 110 valence electrons. The molecule has 0 aliphatic rings. The van der Waals surface area contributed by atoms with Crippen molar-refractivity contribution in [1.29, 1.82) is 0 Å². The van der Waals surface area contributed by atoms with Gasteiger partial charge in [0.25, 0.3) is 0 Å². The molecule has 0 atom stereocenters. The maximum Gasteiger partial charge on any atom is 0.319 e. The van der Waals surface area contributed by atoms with Gasteiger partial charge >= 0.3 is 6.03 Å². The summed E-state index contributed by atoms with van der Waals surface area (Å²) in [5, 5.41) is 15.1. The molecule has 2 amide bonds. The van der Waals surface area contributed by atoms with Gasteiger partial charge in [0.15, 0.2) is 0 Å². The molecule has 0 heterocycles. The van der Waals surface area contributed by atoms with Gasteiger partial charge in [0, 0.05) is 6.54 Å². The average molecular weight is 284 g/mol. The summed E-state index contributed by atoms with van der Waals surface area (Å²) in [5.74, 6) is 0.0642. The molecular formula is C17H20N2O2. The molecule has 21 heavy (non-hydrogen) atoms. The number of benzene rings is 2. The summed E-state index contributed by atoms with van der Waals surface area (Å²) >= 11 is 0. The van der Waals surface area contributed by atoms with Gasteiger partial charge in [-0.1, -0.05) is 35.9 Å². The maximum absolute atomic E-state index is 11.8. The van der Waals surface area contributed by atoms with E-state index >= 15 is 0 Å². The minimum absolute atomic E-state index is 0.0642. The summed E-state index contributed by atoms with van der Waals surface area (Å²) in [6, 6.07) is 13.0. The molecule has 3 N–H and O–H groups in total. The third-order valence-electron chi connectivity index (χ3n) is 3.22. The van der Waals surface area contributed by atoms with Crippen molar-refractivity contribution in [2.75, 3.05) is 11.9 Å². The summed E-state index contributed by atoms with van der Waals surface area (Å²) in [7, 11) is 0. The number of hydrogen-bond acceptors (Lipinski definition) is 2. The van der Waals surface area contributed by atoms with Crippen LogP contribution < -0.4 is 10.6 Å². The smallest absolute Gasteiger partial charge is 0.319 e. The summed E-state index contributed by atoms with van der Waals surface area (Å²) in [5.41, 5.74) is 3.80. The van der Waals surface area contributed by atoms with Crippen LogP contribution in [-0.2, 0) is 6.42 Å². The number of nitrogens with one attached hydrogen (secondary N) is 2. The van der Waals surface area contributed by atoms with E-state index in [1.165, 1.54) is 11.1 Å². The lowest BCUT2D eigenvalue weighted by Gasteiger charge is -2.10. The van der Waals surface area contributed by atoms with E-state index in [-0.39, 0.29) is 11.8 Å². The van der Waals surface area contributed by atoms with Crippen LogP contribution in [0.3, 0.4) is 0 Å². The van der Waals surface area contributed by atoms with Gasteiger partial charge in [-0.05, 0) is 43.5 Å². The zero-order valence-electron chi connectivity index (χ0n) is 12.3. The number of carbonyl (C=O) groups is 1. The Labute approximate surface area is 124 Å². The standard InChI is InChI=1S/C17H20N2O2/c1-12-3-6-14(7-4-12)9-10-18-17(21)19-15-11-13(2)5-8-16(15)20/h3-8,11,20H,9-10H2,1-2H3,(H2,18,19,21). The van der Waals surface area contributed by atoms with E-state index in [0.29, 0.717) is 12.2 Å². The molecule has 0 spiro atoms. The van der Waals surface area contributed by atoms with Crippen molar-refractivity contribution in [3.05, 3.63) is 59.2 Å². The van der Waals surface area contributed by atoms with Crippen molar-refractivity contribution < 1.29 is 9.90 Å². The Morgan fingerprint density at radius 2 is 1.71 bits per heavy atom.